The summed E-state index contributed by atoms with van der Waals surface area (Å²) in [7, 11) is -5.19. The lowest BCUT2D eigenvalue weighted by Crippen LogP contribution is -2.43. The molecule has 0 rings (SSSR count). The molecule has 1 N–H and O–H groups in total. The standard InChI is InChI=1S/C6H12F3NO2S/c1-4(2)5(3)10-13(11,12)6(7,8)9/h4-5,10H,1-3H3/t5-/m1/s1. The number of halogens is 3. The van der Waals surface area contributed by atoms with E-state index in [9.17, 15) is 21.6 Å². The lowest BCUT2D eigenvalue weighted by Gasteiger charge is -2.18. The van der Waals surface area contributed by atoms with Crippen LogP contribution >= 0.6 is 0 Å². The Bertz CT molecular complexity index is 258. The normalized spacial score (nSPS) is 16.2. The molecule has 0 heterocycles. The van der Waals surface area contributed by atoms with Crippen molar-refractivity contribution in [2.24, 2.45) is 5.92 Å². The van der Waals surface area contributed by atoms with E-state index in [1.807, 2.05) is 0 Å². The zero-order chi connectivity index (χ0) is 10.9. The Balaban J connectivity index is 4.55. The second kappa shape index (κ2) is 3.83. The quantitative estimate of drug-likeness (QED) is 0.781. The van der Waals surface area contributed by atoms with Crippen LogP contribution in [0.2, 0.25) is 0 Å². The highest BCUT2D eigenvalue weighted by Gasteiger charge is 2.46. The zero-order valence-corrected chi connectivity index (χ0v) is 8.33. The van der Waals surface area contributed by atoms with Gasteiger partial charge in [0.2, 0.25) is 0 Å². The first-order valence-electron chi connectivity index (χ1n) is 3.66. The topological polar surface area (TPSA) is 46.2 Å². The Morgan fingerprint density at radius 2 is 1.54 bits per heavy atom. The van der Waals surface area contributed by atoms with E-state index in [-0.39, 0.29) is 5.92 Å². The minimum Gasteiger partial charge on any atom is -0.204 e. The van der Waals surface area contributed by atoms with Crippen molar-refractivity contribution < 1.29 is 21.6 Å². The average Bonchev–Trinajstić information content (AvgIpc) is 1.83. The van der Waals surface area contributed by atoms with Crippen molar-refractivity contribution in [3.05, 3.63) is 0 Å². The van der Waals surface area contributed by atoms with Crippen molar-refractivity contribution in [3.63, 3.8) is 0 Å². The van der Waals surface area contributed by atoms with E-state index < -0.39 is 21.6 Å². The molecule has 0 amide bonds. The second-order valence-electron chi connectivity index (χ2n) is 3.10. The van der Waals surface area contributed by atoms with Crippen molar-refractivity contribution in [2.45, 2.75) is 32.3 Å². The highest BCUT2D eigenvalue weighted by atomic mass is 32.2. The van der Waals surface area contributed by atoms with E-state index in [0.29, 0.717) is 0 Å². The Morgan fingerprint density at radius 1 is 1.15 bits per heavy atom. The van der Waals surface area contributed by atoms with Gasteiger partial charge in [0, 0.05) is 6.04 Å². The van der Waals surface area contributed by atoms with Gasteiger partial charge in [0.05, 0.1) is 0 Å². The minimum absolute atomic E-state index is 0.183. The highest BCUT2D eigenvalue weighted by Crippen LogP contribution is 2.22. The first-order valence-corrected chi connectivity index (χ1v) is 5.15. The molecule has 0 fully saturated rings. The van der Waals surface area contributed by atoms with Gasteiger partial charge in [-0.2, -0.15) is 13.2 Å². The molecule has 7 heteroatoms. The molecule has 0 spiro atoms. The largest absolute Gasteiger partial charge is 0.511 e. The first-order chi connectivity index (χ1) is 5.58. The average molecular weight is 219 g/mol. The molecule has 0 aliphatic heterocycles. The monoisotopic (exact) mass is 219 g/mol. The molecule has 80 valence electrons. The van der Waals surface area contributed by atoms with E-state index in [0.717, 1.165) is 0 Å². The summed E-state index contributed by atoms with van der Waals surface area (Å²) in [5.74, 6) is -0.183. The van der Waals surface area contributed by atoms with Crippen LogP contribution in [0.1, 0.15) is 20.8 Å². The Hall–Kier alpha value is -0.300. The molecule has 3 nitrogen and oxygen atoms in total. The smallest absolute Gasteiger partial charge is 0.204 e. The summed E-state index contributed by atoms with van der Waals surface area (Å²) in [5, 5.41) is 0. The van der Waals surface area contributed by atoms with Gasteiger partial charge in [-0.15, -0.1) is 0 Å². The summed E-state index contributed by atoms with van der Waals surface area (Å²) in [6, 6.07) is -0.730. The molecule has 0 saturated heterocycles. The second-order valence-corrected chi connectivity index (χ2v) is 4.81. The molecule has 0 aromatic carbocycles. The Kier molecular flexibility index (Phi) is 3.74. The van der Waals surface area contributed by atoms with E-state index in [1.54, 1.807) is 18.6 Å². The number of nitrogens with one attached hydrogen (secondary N) is 1. The molecular weight excluding hydrogens is 207 g/mol. The van der Waals surface area contributed by atoms with Crippen LogP contribution in [0.25, 0.3) is 0 Å². The molecule has 0 aromatic rings. The molecule has 0 aliphatic carbocycles. The number of hydrogen-bond donors (Lipinski definition) is 1. The summed E-state index contributed by atoms with van der Waals surface area (Å²) in [6.45, 7) is 4.64. The minimum atomic E-state index is -5.23. The van der Waals surface area contributed by atoms with E-state index in [2.05, 4.69) is 0 Å². The maximum absolute atomic E-state index is 11.8. The van der Waals surface area contributed by atoms with Gasteiger partial charge in [-0.3, -0.25) is 0 Å². The maximum atomic E-state index is 11.8. The van der Waals surface area contributed by atoms with Gasteiger partial charge in [-0.25, -0.2) is 13.1 Å². The number of rotatable bonds is 3. The summed E-state index contributed by atoms with van der Waals surface area (Å²) >= 11 is 0. The number of alkyl halides is 3. The molecule has 13 heavy (non-hydrogen) atoms. The van der Waals surface area contributed by atoms with Gasteiger partial charge < -0.3 is 0 Å². The third-order valence-corrected chi connectivity index (χ3v) is 2.94. The Labute approximate surface area is 75.4 Å². The summed E-state index contributed by atoms with van der Waals surface area (Å²) in [6.07, 6.45) is 0. The third-order valence-electron chi connectivity index (χ3n) is 1.65. The number of hydrogen-bond acceptors (Lipinski definition) is 2. The SMILES string of the molecule is CC(C)[C@@H](C)NS(=O)(=O)C(F)(F)F. The molecule has 0 saturated carbocycles. The van der Waals surface area contributed by atoms with Crippen LogP contribution in [0.5, 0.6) is 0 Å². The lowest BCUT2D eigenvalue weighted by atomic mass is 10.1. The van der Waals surface area contributed by atoms with E-state index in [1.165, 1.54) is 6.92 Å². The zero-order valence-electron chi connectivity index (χ0n) is 7.51. The van der Waals surface area contributed by atoms with Crippen molar-refractivity contribution in [1.29, 1.82) is 0 Å². The highest BCUT2D eigenvalue weighted by molar-refractivity contribution is 7.90. The fourth-order valence-corrected chi connectivity index (χ4v) is 1.34. The van der Waals surface area contributed by atoms with Gasteiger partial charge in [-0.1, -0.05) is 13.8 Å². The van der Waals surface area contributed by atoms with E-state index in [4.69, 9.17) is 0 Å². The number of sulfonamides is 1. The maximum Gasteiger partial charge on any atom is 0.511 e. The van der Waals surface area contributed by atoms with Crippen LogP contribution in [-0.2, 0) is 10.0 Å². The van der Waals surface area contributed by atoms with Crippen molar-refractivity contribution >= 4 is 10.0 Å². The predicted octanol–water partition coefficient (Wildman–Crippen LogP) is 1.47. The van der Waals surface area contributed by atoms with Crippen LogP contribution in [0.4, 0.5) is 13.2 Å². The molecule has 0 unspecified atom stereocenters. The molecule has 0 aliphatic rings. The molecular formula is C6H12F3NO2S. The molecule has 1 atom stereocenters. The van der Waals surface area contributed by atoms with Gasteiger partial charge in [0.25, 0.3) is 0 Å². The fourth-order valence-electron chi connectivity index (χ4n) is 0.448. The van der Waals surface area contributed by atoms with E-state index >= 15 is 0 Å². The van der Waals surface area contributed by atoms with Crippen molar-refractivity contribution in [3.8, 4) is 0 Å². The van der Waals surface area contributed by atoms with Crippen molar-refractivity contribution in [1.82, 2.24) is 4.72 Å². The summed E-state index contributed by atoms with van der Waals surface area (Å²) in [5.41, 5.74) is -5.23. The van der Waals surface area contributed by atoms with Gasteiger partial charge in [0.1, 0.15) is 0 Å². The summed E-state index contributed by atoms with van der Waals surface area (Å²) < 4.78 is 58.0. The molecule has 0 radical (unpaired) electrons. The van der Waals surface area contributed by atoms with Gasteiger partial charge in [0.15, 0.2) is 0 Å². The third kappa shape index (κ3) is 3.51. The predicted molar refractivity (Wildman–Crippen MR) is 42.4 cm³/mol. The van der Waals surface area contributed by atoms with Crippen molar-refractivity contribution in [2.75, 3.05) is 0 Å². The van der Waals surface area contributed by atoms with Crippen LogP contribution in [0.3, 0.4) is 0 Å². The first kappa shape index (κ1) is 12.7. The van der Waals surface area contributed by atoms with Gasteiger partial charge in [-0.05, 0) is 12.8 Å². The van der Waals surface area contributed by atoms with Gasteiger partial charge >= 0.3 is 15.5 Å². The molecule has 0 bridgehead atoms. The van der Waals surface area contributed by atoms with Crippen LogP contribution < -0.4 is 4.72 Å². The summed E-state index contributed by atoms with van der Waals surface area (Å²) in [4.78, 5) is 0. The fraction of sp³-hybridized carbons (Fsp3) is 1.00. The van der Waals surface area contributed by atoms with Crippen LogP contribution in [-0.4, -0.2) is 20.0 Å². The lowest BCUT2D eigenvalue weighted by molar-refractivity contribution is -0.0451. The molecule has 0 aromatic heterocycles. The Morgan fingerprint density at radius 3 is 1.77 bits per heavy atom. The van der Waals surface area contributed by atoms with Crippen LogP contribution in [0, 0.1) is 5.92 Å². The van der Waals surface area contributed by atoms with Crippen LogP contribution in [0.15, 0.2) is 0 Å².